The van der Waals surface area contributed by atoms with Crippen LogP contribution in [-0.2, 0) is 9.84 Å². The Morgan fingerprint density at radius 1 is 1.20 bits per heavy atom. The number of urea groups is 1. The fourth-order valence-electron chi connectivity index (χ4n) is 2.25. The van der Waals surface area contributed by atoms with Gasteiger partial charge in [0.05, 0.1) is 4.90 Å². The smallest absolute Gasteiger partial charge is 0.314 e. The molecule has 0 unspecified atom stereocenters. The Labute approximate surface area is 152 Å². The van der Waals surface area contributed by atoms with E-state index in [0.29, 0.717) is 17.1 Å². The molecule has 0 bridgehead atoms. The van der Waals surface area contributed by atoms with E-state index < -0.39 is 21.1 Å². The maximum Gasteiger partial charge on any atom is 0.314 e. The Morgan fingerprint density at radius 2 is 1.92 bits per heavy atom. The highest BCUT2D eigenvalue weighted by molar-refractivity contribution is 7.91. The zero-order valence-electron chi connectivity index (χ0n) is 13.8. The third kappa shape index (κ3) is 5.17. The van der Waals surface area contributed by atoms with E-state index in [1.165, 1.54) is 30.5 Å². The number of aromatic nitrogens is 1. The number of nitrogens with zero attached hydrogens (tertiary/aromatic N) is 1. The van der Waals surface area contributed by atoms with E-state index in [2.05, 4.69) is 15.6 Å². The van der Waals surface area contributed by atoms with Crippen molar-refractivity contribution in [2.24, 2.45) is 0 Å². The maximum absolute atomic E-state index is 13.0. The number of carbonyl (C=O) groups excluding carboxylic acids is 1. The fraction of sp³-hybridized carbons (Fsp3) is 0.294. The summed E-state index contributed by atoms with van der Waals surface area (Å²) in [4.78, 5) is 15.9. The zero-order chi connectivity index (χ0) is 18.3. The molecule has 2 aromatic rings. The highest BCUT2D eigenvalue weighted by Crippen LogP contribution is 2.28. The van der Waals surface area contributed by atoms with Crippen molar-refractivity contribution in [3.05, 3.63) is 59.4 Å². The number of pyridine rings is 1. The molecule has 0 radical (unpaired) electrons. The van der Waals surface area contributed by atoms with Gasteiger partial charge in [-0.2, -0.15) is 0 Å². The van der Waals surface area contributed by atoms with E-state index in [4.69, 9.17) is 11.6 Å². The molecule has 0 spiro atoms. The zero-order valence-corrected chi connectivity index (χ0v) is 15.3. The van der Waals surface area contributed by atoms with E-state index in [1.807, 2.05) is 6.92 Å². The molecule has 6 nitrogen and oxygen atoms in total. The van der Waals surface area contributed by atoms with Crippen LogP contribution in [0.5, 0.6) is 0 Å². The summed E-state index contributed by atoms with van der Waals surface area (Å²) in [5.41, 5.74) is 0.508. The van der Waals surface area contributed by atoms with Crippen LogP contribution in [0.3, 0.4) is 0 Å². The van der Waals surface area contributed by atoms with Gasteiger partial charge in [-0.15, -0.1) is 0 Å². The largest absolute Gasteiger partial charge is 0.338 e. The van der Waals surface area contributed by atoms with Gasteiger partial charge >= 0.3 is 6.03 Å². The molecule has 1 heterocycles. The number of carbonyl (C=O) groups is 1. The molecule has 0 aliphatic heterocycles. The highest BCUT2D eigenvalue weighted by Gasteiger charge is 2.29. The Morgan fingerprint density at radius 3 is 2.52 bits per heavy atom. The minimum atomic E-state index is -3.73. The lowest BCUT2D eigenvalue weighted by molar-refractivity contribution is 0.241. The topological polar surface area (TPSA) is 88.2 Å². The molecule has 2 amide bonds. The molecule has 1 aromatic carbocycles. The second-order valence-electron chi connectivity index (χ2n) is 5.41. The van der Waals surface area contributed by atoms with Crippen molar-refractivity contribution in [1.82, 2.24) is 15.6 Å². The van der Waals surface area contributed by atoms with Crippen LogP contribution in [0.15, 0.2) is 53.7 Å². The van der Waals surface area contributed by atoms with Crippen molar-refractivity contribution < 1.29 is 13.2 Å². The van der Waals surface area contributed by atoms with Crippen molar-refractivity contribution in [1.29, 1.82) is 0 Å². The Bertz CT molecular complexity index is 796. The number of amides is 2. The Hall–Kier alpha value is -2.12. The van der Waals surface area contributed by atoms with Crippen molar-refractivity contribution in [2.45, 2.75) is 23.5 Å². The number of hydrogen-bond donors (Lipinski definition) is 2. The Kier molecular flexibility index (Phi) is 6.78. The predicted molar refractivity (Wildman–Crippen MR) is 97.3 cm³/mol. The van der Waals surface area contributed by atoms with E-state index in [1.54, 1.807) is 18.3 Å². The maximum atomic E-state index is 13.0. The summed E-state index contributed by atoms with van der Waals surface area (Å²) in [5, 5.41) is 4.78. The molecular formula is C17H20ClN3O3S. The number of hydrogen-bond acceptors (Lipinski definition) is 4. The van der Waals surface area contributed by atoms with Gasteiger partial charge in [-0.05, 0) is 42.3 Å². The summed E-state index contributed by atoms with van der Waals surface area (Å²) in [6, 6.07) is 8.90. The van der Waals surface area contributed by atoms with Crippen molar-refractivity contribution in [3.63, 3.8) is 0 Å². The van der Waals surface area contributed by atoms with Gasteiger partial charge in [-0.25, -0.2) is 13.2 Å². The first-order chi connectivity index (χ1) is 11.9. The average Bonchev–Trinajstić information content (AvgIpc) is 2.61. The molecule has 2 rings (SSSR count). The van der Waals surface area contributed by atoms with Crippen LogP contribution in [-0.4, -0.2) is 32.5 Å². The SMILES string of the molecule is CCCNC(=O)NC[C@H](c1cccnc1)S(=O)(=O)c1ccc(Cl)cc1. The standard InChI is InChI=1S/C17H20ClN3O3S/c1-2-9-20-17(22)21-12-16(13-4-3-10-19-11-13)25(23,24)15-7-5-14(18)6-8-15/h3-8,10-11,16H,2,9,12H2,1H3,(H2,20,21,22)/t16-/m1/s1. The van der Waals surface area contributed by atoms with Crippen LogP contribution >= 0.6 is 11.6 Å². The lowest BCUT2D eigenvalue weighted by atomic mass is 10.2. The predicted octanol–water partition coefficient (Wildman–Crippen LogP) is 2.96. The van der Waals surface area contributed by atoms with Gasteiger partial charge in [-0.3, -0.25) is 4.98 Å². The second-order valence-corrected chi connectivity index (χ2v) is 7.98. The molecule has 2 N–H and O–H groups in total. The van der Waals surface area contributed by atoms with Gasteiger partial charge in [0.25, 0.3) is 0 Å². The lowest BCUT2D eigenvalue weighted by Gasteiger charge is -2.19. The molecule has 0 saturated heterocycles. The van der Waals surface area contributed by atoms with Gasteiger partial charge in [0.15, 0.2) is 9.84 Å². The van der Waals surface area contributed by atoms with E-state index in [9.17, 15) is 13.2 Å². The second kappa shape index (κ2) is 8.82. The highest BCUT2D eigenvalue weighted by atomic mass is 35.5. The minimum Gasteiger partial charge on any atom is -0.338 e. The number of rotatable bonds is 7. The Balaban J connectivity index is 2.28. The van der Waals surface area contributed by atoms with Crippen LogP contribution < -0.4 is 10.6 Å². The van der Waals surface area contributed by atoms with E-state index >= 15 is 0 Å². The number of nitrogens with one attached hydrogen (secondary N) is 2. The number of benzene rings is 1. The van der Waals surface area contributed by atoms with Gasteiger partial charge < -0.3 is 10.6 Å². The molecule has 8 heteroatoms. The molecule has 134 valence electrons. The number of sulfone groups is 1. The summed E-state index contributed by atoms with van der Waals surface area (Å²) >= 11 is 5.84. The molecular weight excluding hydrogens is 362 g/mol. The average molecular weight is 382 g/mol. The summed E-state index contributed by atoms with van der Waals surface area (Å²) in [6.07, 6.45) is 3.85. The molecule has 1 aromatic heterocycles. The molecule has 1 atom stereocenters. The van der Waals surface area contributed by atoms with Crippen LogP contribution in [0.1, 0.15) is 24.2 Å². The van der Waals surface area contributed by atoms with Crippen molar-refractivity contribution in [2.75, 3.05) is 13.1 Å². The molecule has 0 aliphatic carbocycles. The molecule has 0 saturated carbocycles. The number of halogens is 1. The van der Waals surface area contributed by atoms with Crippen molar-refractivity contribution in [3.8, 4) is 0 Å². The van der Waals surface area contributed by atoms with E-state index in [-0.39, 0.29) is 11.4 Å². The normalized spacial score (nSPS) is 12.4. The first kappa shape index (κ1) is 19.2. The van der Waals surface area contributed by atoms with Crippen molar-refractivity contribution >= 4 is 27.5 Å². The van der Waals surface area contributed by atoms with Crippen LogP contribution in [0.4, 0.5) is 4.79 Å². The molecule has 25 heavy (non-hydrogen) atoms. The summed E-state index contributed by atoms with van der Waals surface area (Å²) in [7, 11) is -3.73. The van der Waals surface area contributed by atoms with Crippen LogP contribution in [0.25, 0.3) is 0 Å². The fourth-order valence-corrected chi connectivity index (χ4v) is 4.02. The molecule has 0 fully saturated rings. The minimum absolute atomic E-state index is 0.0633. The van der Waals surface area contributed by atoms with Gasteiger partial charge in [0, 0.05) is 30.5 Å². The molecule has 0 aliphatic rings. The summed E-state index contributed by atoms with van der Waals surface area (Å²) in [5.74, 6) is 0. The first-order valence-corrected chi connectivity index (χ1v) is 9.78. The van der Waals surface area contributed by atoms with Gasteiger partial charge in [0.2, 0.25) is 0 Å². The monoisotopic (exact) mass is 381 g/mol. The first-order valence-electron chi connectivity index (χ1n) is 7.86. The van der Waals surface area contributed by atoms with Gasteiger partial charge in [0.1, 0.15) is 5.25 Å². The third-order valence-electron chi connectivity index (χ3n) is 3.56. The third-order valence-corrected chi connectivity index (χ3v) is 5.93. The van der Waals surface area contributed by atoms with Crippen LogP contribution in [0, 0.1) is 0 Å². The van der Waals surface area contributed by atoms with Crippen LogP contribution in [0.2, 0.25) is 5.02 Å². The van der Waals surface area contributed by atoms with E-state index in [0.717, 1.165) is 6.42 Å². The summed E-state index contributed by atoms with van der Waals surface area (Å²) in [6.45, 7) is 2.39. The quantitative estimate of drug-likeness (QED) is 0.771. The summed E-state index contributed by atoms with van der Waals surface area (Å²) < 4.78 is 26.1. The lowest BCUT2D eigenvalue weighted by Crippen LogP contribution is -2.39. The van der Waals surface area contributed by atoms with Gasteiger partial charge in [-0.1, -0.05) is 24.6 Å².